The predicted molar refractivity (Wildman–Crippen MR) is 191 cm³/mol. The summed E-state index contributed by atoms with van der Waals surface area (Å²) in [5, 5.41) is 0. The Morgan fingerprint density at radius 2 is 0.646 bits per heavy atom. The Labute approximate surface area is 278 Å². The first-order chi connectivity index (χ1) is 23.8. The molecule has 0 bridgehead atoms. The molecule has 6 nitrogen and oxygen atoms in total. The van der Waals surface area contributed by atoms with Crippen molar-refractivity contribution in [3.05, 3.63) is 170 Å². The SMILES string of the molecule is c1ccc(-c2cc(-c3cccc(-c4ccc(-c5nc(-c6ccccc6)nc(-c6ccncc6)n5)cc4)c3)nc(-c3ccccc3)n2)cc1. The van der Waals surface area contributed by atoms with Crippen LogP contribution >= 0.6 is 0 Å². The summed E-state index contributed by atoms with van der Waals surface area (Å²) in [6.45, 7) is 0. The zero-order chi connectivity index (χ0) is 32.1. The second kappa shape index (κ2) is 13.0. The van der Waals surface area contributed by atoms with Crippen molar-refractivity contribution >= 4 is 0 Å². The van der Waals surface area contributed by atoms with Crippen LogP contribution in [0, 0.1) is 0 Å². The number of rotatable bonds is 7. The first kappa shape index (κ1) is 28.8. The number of pyridine rings is 1. The van der Waals surface area contributed by atoms with Gasteiger partial charge in [0, 0.05) is 45.8 Å². The molecule has 0 aliphatic rings. The van der Waals surface area contributed by atoms with Gasteiger partial charge in [0.1, 0.15) is 0 Å². The molecule has 0 fully saturated rings. The van der Waals surface area contributed by atoms with Gasteiger partial charge in [-0.05, 0) is 35.4 Å². The molecule has 48 heavy (non-hydrogen) atoms. The van der Waals surface area contributed by atoms with Gasteiger partial charge in [-0.25, -0.2) is 24.9 Å². The van der Waals surface area contributed by atoms with Gasteiger partial charge in [0.05, 0.1) is 11.4 Å². The van der Waals surface area contributed by atoms with Crippen LogP contribution in [0.1, 0.15) is 0 Å². The summed E-state index contributed by atoms with van der Waals surface area (Å²) >= 11 is 0. The standard InChI is InChI=1S/C42H28N6/c1-4-11-30(12-5-1)37-28-38(45-39(44-37)31-13-6-2-7-14-31)36-18-10-17-35(27-36)29-19-21-33(22-20-29)41-46-40(32-15-8-3-9-16-32)47-42(48-41)34-23-25-43-26-24-34/h1-28H. The van der Waals surface area contributed by atoms with E-state index in [0.717, 1.165) is 55.9 Å². The summed E-state index contributed by atoms with van der Waals surface area (Å²) in [6.07, 6.45) is 3.49. The van der Waals surface area contributed by atoms with Crippen LogP contribution in [-0.4, -0.2) is 29.9 Å². The average molecular weight is 617 g/mol. The van der Waals surface area contributed by atoms with E-state index in [0.29, 0.717) is 23.3 Å². The van der Waals surface area contributed by atoms with Crippen LogP contribution in [0.5, 0.6) is 0 Å². The van der Waals surface area contributed by atoms with Crippen LogP contribution in [0.15, 0.2) is 170 Å². The number of aromatic nitrogens is 6. The number of nitrogens with zero attached hydrogens (tertiary/aromatic N) is 6. The van der Waals surface area contributed by atoms with Crippen LogP contribution in [0.2, 0.25) is 0 Å². The topological polar surface area (TPSA) is 77.3 Å². The summed E-state index contributed by atoms with van der Waals surface area (Å²) in [4.78, 5) is 28.6. The van der Waals surface area contributed by atoms with Crippen molar-refractivity contribution in [3.63, 3.8) is 0 Å². The van der Waals surface area contributed by atoms with Gasteiger partial charge in [0.25, 0.3) is 0 Å². The Morgan fingerprint density at radius 1 is 0.250 bits per heavy atom. The smallest absolute Gasteiger partial charge is 0.164 e. The molecule has 0 unspecified atom stereocenters. The first-order valence-corrected chi connectivity index (χ1v) is 15.7. The number of hydrogen-bond donors (Lipinski definition) is 0. The van der Waals surface area contributed by atoms with Crippen LogP contribution in [0.3, 0.4) is 0 Å². The van der Waals surface area contributed by atoms with Gasteiger partial charge >= 0.3 is 0 Å². The summed E-state index contributed by atoms with van der Waals surface area (Å²) in [6, 6.07) is 53.0. The molecule has 3 aromatic heterocycles. The lowest BCUT2D eigenvalue weighted by atomic mass is 9.99. The highest BCUT2D eigenvalue weighted by molar-refractivity contribution is 5.77. The van der Waals surface area contributed by atoms with Crippen molar-refractivity contribution in [1.29, 1.82) is 0 Å². The molecule has 3 heterocycles. The molecule has 0 spiro atoms. The predicted octanol–water partition coefficient (Wildman–Crippen LogP) is 9.73. The van der Waals surface area contributed by atoms with Crippen molar-refractivity contribution in [2.45, 2.75) is 0 Å². The minimum Gasteiger partial charge on any atom is -0.265 e. The van der Waals surface area contributed by atoms with Gasteiger partial charge in [0.15, 0.2) is 23.3 Å². The molecular formula is C42H28N6. The van der Waals surface area contributed by atoms with E-state index < -0.39 is 0 Å². The summed E-state index contributed by atoms with van der Waals surface area (Å²) in [5.74, 6) is 2.53. The lowest BCUT2D eigenvalue weighted by Gasteiger charge is -2.11. The number of hydrogen-bond acceptors (Lipinski definition) is 6. The molecule has 0 radical (unpaired) electrons. The molecule has 226 valence electrons. The van der Waals surface area contributed by atoms with Gasteiger partial charge in [-0.1, -0.05) is 133 Å². The number of benzene rings is 5. The Hall–Kier alpha value is -6.66. The monoisotopic (exact) mass is 616 g/mol. The molecule has 0 saturated heterocycles. The maximum atomic E-state index is 5.02. The molecule has 0 N–H and O–H groups in total. The Bertz CT molecular complexity index is 2190. The van der Waals surface area contributed by atoms with Gasteiger partial charge in [0.2, 0.25) is 0 Å². The van der Waals surface area contributed by atoms with Crippen molar-refractivity contribution in [1.82, 2.24) is 29.9 Å². The first-order valence-electron chi connectivity index (χ1n) is 15.7. The zero-order valence-electron chi connectivity index (χ0n) is 25.8. The second-order valence-corrected chi connectivity index (χ2v) is 11.3. The van der Waals surface area contributed by atoms with E-state index in [1.807, 2.05) is 91.0 Å². The normalized spacial score (nSPS) is 10.9. The highest BCUT2D eigenvalue weighted by Gasteiger charge is 2.14. The average Bonchev–Trinajstić information content (AvgIpc) is 3.19. The van der Waals surface area contributed by atoms with Gasteiger partial charge < -0.3 is 0 Å². The van der Waals surface area contributed by atoms with Crippen LogP contribution in [0.25, 0.3) is 79.2 Å². The van der Waals surface area contributed by atoms with Crippen molar-refractivity contribution < 1.29 is 0 Å². The molecule has 0 aliphatic carbocycles. The van der Waals surface area contributed by atoms with Crippen LogP contribution < -0.4 is 0 Å². The second-order valence-electron chi connectivity index (χ2n) is 11.3. The van der Waals surface area contributed by atoms with E-state index in [1.165, 1.54) is 0 Å². The van der Waals surface area contributed by atoms with Crippen LogP contribution in [-0.2, 0) is 0 Å². The molecule has 0 aliphatic heterocycles. The van der Waals surface area contributed by atoms with E-state index >= 15 is 0 Å². The Kier molecular flexibility index (Phi) is 7.79. The molecule has 0 atom stereocenters. The summed E-state index contributed by atoms with van der Waals surface area (Å²) in [5.41, 5.74) is 9.66. The van der Waals surface area contributed by atoms with Crippen molar-refractivity contribution in [2.75, 3.05) is 0 Å². The maximum absolute atomic E-state index is 5.02. The minimum absolute atomic E-state index is 0.604. The van der Waals surface area contributed by atoms with Crippen LogP contribution in [0.4, 0.5) is 0 Å². The van der Waals surface area contributed by atoms with Gasteiger partial charge in [-0.15, -0.1) is 0 Å². The molecule has 8 aromatic rings. The fourth-order valence-electron chi connectivity index (χ4n) is 5.59. The molecule has 5 aromatic carbocycles. The van der Waals surface area contributed by atoms with E-state index in [9.17, 15) is 0 Å². The quantitative estimate of drug-likeness (QED) is 0.177. The third kappa shape index (κ3) is 6.10. The Balaban J connectivity index is 1.16. The largest absolute Gasteiger partial charge is 0.265 e. The van der Waals surface area contributed by atoms with Crippen molar-refractivity contribution in [3.8, 4) is 79.2 Å². The molecule has 6 heteroatoms. The zero-order valence-corrected chi connectivity index (χ0v) is 25.8. The molecule has 0 saturated carbocycles. The van der Waals surface area contributed by atoms with E-state index in [4.69, 9.17) is 24.9 Å². The van der Waals surface area contributed by atoms with E-state index in [1.54, 1.807) is 12.4 Å². The van der Waals surface area contributed by atoms with E-state index in [2.05, 4.69) is 71.7 Å². The molecule has 0 amide bonds. The third-order valence-electron chi connectivity index (χ3n) is 8.07. The Morgan fingerprint density at radius 3 is 1.21 bits per heavy atom. The highest BCUT2D eigenvalue weighted by Crippen LogP contribution is 2.31. The van der Waals surface area contributed by atoms with Crippen molar-refractivity contribution in [2.24, 2.45) is 0 Å². The fraction of sp³-hybridized carbons (Fsp3) is 0. The van der Waals surface area contributed by atoms with Gasteiger partial charge in [-0.2, -0.15) is 0 Å². The lowest BCUT2D eigenvalue weighted by molar-refractivity contribution is 1.07. The highest BCUT2D eigenvalue weighted by atomic mass is 15.0. The summed E-state index contributed by atoms with van der Waals surface area (Å²) < 4.78 is 0. The van der Waals surface area contributed by atoms with E-state index in [-0.39, 0.29) is 0 Å². The molecule has 8 rings (SSSR count). The third-order valence-corrected chi connectivity index (χ3v) is 8.07. The molecular weight excluding hydrogens is 589 g/mol. The maximum Gasteiger partial charge on any atom is 0.164 e. The lowest BCUT2D eigenvalue weighted by Crippen LogP contribution is -2.00. The van der Waals surface area contributed by atoms with Gasteiger partial charge in [-0.3, -0.25) is 4.98 Å². The summed E-state index contributed by atoms with van der Waals surface area (Å²) in [7, 11) is 0. The fourth-order valence-corrected chi connectivity index (χ4v) is 5.59. The minimum atomic E-state index is 0.604.